The van der Waals surface area contributed by atoms with Crippen LogP contribution in [0.5, 0.6) is 0 Å². The van der Waals surface area contributed by atoms with Crippen LogP contribution in [0.3, 0.4) is 0 Å². The van der Waals surface area contributed by atoms with Crippen LogP contribution in [0.4, 0.5) is 8.78 Å². The van der Waals surface area contributed by atoms with E-state index in [1.54, 1.807) is 0 Å². The van der Waals surface area contributed by atoms with Gasteiger partial charge in [0.1, 0.15) is 0 Å². The van der Waals surface area contributed by atoms with Crippen LogP contribution in [0.1, 0.15) is 58.3 Å². The standard InChI is InChI=1S/C14H24F2O2/c1-2-3-4-5-6-7-8-9-10-11-12-18-14(17)13(15)16/h3-4,13H,2,5-12H2,1H3/b4-3-. The molecule has 0 saturated carbocycles. The van der Waals surface area contributed by atoms with Crippen molar-refractivity contribution in [2.45, 2.75) is 64.7 Å². The Morgan fingerprint density at radius 3 is 2.28 bits per heavy atom. The molecule has 0 radical (unpaired) electrons. The van der Waals surface area contributed by atoms with Crippen molar-refractivity contribution in [2.75, 3.05) is 6.61 Å². The van der Waals surface area contributed by atoms with Crippen molar-refractivity contribution < 1.29 is 18.3 Å². The van der Waals surface area contributed by atoms with Gasteiger partial charge in [-0.2, -0.15) is 8.78 Å². The Hall–Kier alpha value is -0.930. The number of allylic oxidation sites excluding steroid dienone is 2. The number of rotatable bonds is 11. The lowest BCUT2D eigenvalue weighted by Gasteiger charge is -2.03. The summed E-state index contributed by atoms with van der Waals surface area (Å²) >= 11 is 0. The summed E-state index contributed by atoms with van der Waals surface area (Å²) in [5.74, 6) is -1.40. The molecule has 0 aliphatic carbocycles. The second kappa shape index (κ2) is 12.5. The maximum atomic E-state index is 11.8. The number of halogens is 2. The molecule has 0 aromatic heterocycles. The fourth-order valence-electron chi connectivity index (χ4n) is 1.59. The first kappa shape index (κ1) is 17.1. The van der Waals surface area contributed by atoms with E-state index in [9.17, 15) is 13.6 Å². The van der Waals surface area contributed by atoms with Crippen molar-refractivity contribution in [3.63, 3.8) is 0 Å². The van der Waals surface area contributed by atoms with E-state index < -0.39 is 12.4 Å². The minimum Gasteiger partial charge on any atom is -0.461 e. The Morgan fingerprint density at radius 2 is 1.67 bits per heavy atom. The largest absolute Gasteiger partial charge is 0.461 e. The zero-order valence-corrected chi connectivity index (χ0v) is 11.2. The van der Waals surface area contributed by atoms with E-state index in [2.05, 4.69) is 23.8 Å². The summed E-state index contributed by atoms with van der Waals surface area (Å²) in [6.45, 7) is 2.24. The fraction of sp³-hybridized carbons (Fsp3) is 0.786. The van der Waals surface area contributed by atoms with Gasteiger partial charge in [-0.1, -0.05) is 44.8 Å². The number of hydrogen-bond acceptors (Lipinski definition) is 2. The number of esters is 1. The molecule has 0 aromatic rings. The third-order valence-electron chi connectivity index (χ3n) is 2.59. The van der Waals surface area contributed by atoms with Gasteiger partial charge in [-0.3, -0.25) is 0 Å². The molecule has 0 saturated heterocycles. The van der Waals surface area contributed by atoms with Crippen molar-refractivity contribution in [2.24, 2.45) is 0 Å². The van der Waals surface area contributed by atoms with E-state index >= 15 is 0 Å². The van der Waals surface area contributed by atoms with Gasteiger partial charge in [-0.05, 0) is 25.7 Å². The number of hydrogen-bond donors (Lipinski definition) is 0. The molecule has 0 heterocycles. The molecule has 0 aromatic carbocycles. The predicted octanol–water partition coefficient (Wildman–Crippen LogP) is 4.49. The molecule has 2 nitrogen and oxygen atoms in total. The van der Waals surface area contributed by atoms with Gasteiger partial charge in [0.05, 0.1) is 6.61 Å². The average molecular weight is 262 g/mol. The van der Waals surface area contributed by atoms with Gasteiger partial charge in [-0.25, -0.2) is 4.79 Å². The molecule has 0 fully saturated rings. The molecule has 0 aliphatic heterocycles. The Labute approximate surface area is 108 Å². The maximum Gasteiger partial charge on any atom is 0.373 e. The normalized spacial score (nSPS) is 11.3. The van der Waals surface area contributed by atoms with Gasteiger partial charge < -0.3 is 4.74 Å². The zero-order chi connectivity index (χ0) is 13.6. The van der Waals surface area contributed by atoms with Crippen molar-refractivity contribution in [3.05, 3.63) is 12.2 Å². The second-order valence-electron chi connectivity index (χ2n) is 4.26. The molecule has 0 spiro atoms. The highest BCUT2D eigenvalue weighted by molar-refractivity contribution is 5.72. The minimum absolute atomic E-state index is 0.114. The summed E-state index contributed by atoms with van der Waals surface area (Å²) in [5.41, 5.74) is 0. The zero-order valence-electron chi connectivity index (χ0n) is 11.2. The van der Waals surface area contributed by atoms with Gasteiger partial charge in [-0.15, -0.1) is 0 Å². The number of alkyl halides is 2. The van der Waals surface area contributed by atoms with Crippen LogP contribution in [0.2, 0.25) is 0 Å². The molecule has 0 N–H and O–H groups in total. The van der Waals surface area contributed by atoms with Crippen LogP contribution in [0, 0.1) is 0 Å². The van der Waals surface area contributed by atoms with Crippen LogP contribution in [0.25, 0.3) is 0 Å². The van der Waals surface area contributed by atoms with Gasteiger partial charge in [0.2, 0.25) is 0 Å². The summed E-state index contributed by atoms with van der Waals surface area (Å²) < 4.78 is 27.9. The maximum absolute atomic E-state index is 11.8. The fourth-order valence-corrected chi connectivity index (χ4v) is 1.59. The van der Waals surface area contributed by atoms with Crippen LogP contribution < -0.4 is 0 Å². The van der Waals surface area contributed by atoms with Gasteiger partial charge in [0.15, 0.2) is 0 Å². The lowest BCUT2D eigenvalue weighted by Crippen LogP contribution is -2.14. The van der Waals surface area contributed by atoms with E-state index in [0.29, 0.717) is 6.42 Å². The van der Waals surface area contributed by atoms with Gasteiger partial charge in [0.25, 0.3) is 0 Å². The third kappa shape index (κ3) is 11.6. The van der Waals surface area contributed by atoms with Crippen LogP contribution in [-0.2, 0) is 9.53 Å². The van der Waals surface area contributed by atoms with E-state index in [4.69, 9.17) is 0 Å². The Bertz CT molecular complexity index is 228. The van der Waals surface area contributed by atoms with Gasteiger partial charge in [0, 0.05) is 0 Å². The Morgan fingerprint density at radius 1 is 1.06 bits per heavy atom. The topological polar surface area (TPSA) is 26.3 Å². The van der Waals surface area contributed by atoms with E-state index in [0.717, 1.165) is 32.1 Å². The molecule has 0 unspecified atom stereocenters. The molecule has 106 valence electrons. The lowest BCUT2D eigenvalue weighted by molar-refractivity contribution is -0.156. The predicted molar refractivity (Wildman–Crippen MR) is 68.7 cm³/mol. The molecule has 0 bridgehead atoms. The Kier molecular flexibility index (Phi) is 11.9. The third-order valence-corrected chi connectivity index (χ3v) is 2.59. The second-order valence-corrected chi connectivity index (χ2v) is 4.26. The molecule has 4 heteroatoms. The first-order valence-corrected chi connectivity index (χ1v) is 6.78. The minimum atomic E-state index is -3.00. The van der Waals surface area contributed by atoms with E-state index in [1.807, 2.05) is 0 Å². The van der Waals surface area contributed by atoms with E-state index in [1.165, 1.54) is 12.8 Å². The van der Waals surface area contributed by atoms with Crippen molar-refractivity contribution in [1.82, 2.24) is 0 Å². The van der Waals surface area contributed by atoms with Crippen molar-refractivity contribution >= 4 is 5.97 Å². The smallest absolute Gasteiger partial charge is 0.373 e. The number of ether oxygens (including phenoxy) is 1. The highest BCUT2D eigenvalue weighted by atomic mass is 19.3. The van der Waals surface area contributed by atoms with Gasteiger partial charge >= 0.3 is 12.4 Å². The summed E-state index contributed by atoms with van der Waals surface area (Å²) in [7, 11) is 0. The van der Waals surface area contributed by atoms with Crippen LogP contribution in [-0.4, -0.2) is 19.0 Å². The average Bonchev–Trinajstić information content (AvgIpc) is 2.35. The summed E-state index contributed by atoms with van der Waals surface area (Å²) in [5, 5.41) is 0. The molecule has 0 amide bonds. The van der Waals surface area contributed by atoms with Crippen molar-refractivity contribution in [3.8, 4) is 0 Å². The molecular formula is C14H24F2O2. The monoisotopic (exact) mass is 262 g/mol. The SMILES string of the molecule is CC/C=C\CCCCCCCCOC(=O)C(F)F. The highest BCUT2D eigenvalue weighted by Gasteiger charge is 2.15. The first-order valence-electron chi connectivity index (χ1n) is 6.78. The molecule has 0 rings (SSSR count). The number of carbonyl (C=O) groups excluding carboxylic acids is 1. The van der Waals surface area contributed by atoms with E-state index in [-0.39, 0.29) is 6.61 Å². The summed E-state index contributed by atoms with van der Waals surface area (Å²) in [6, 6.07) is 0. The summed E-state index contributed by atoms with van der Waals surface area (Å²) in [4.78, 5) is 10.4. The van der Waals surface area contributed by atoms with Crippen LogP contribution in [0.15, 0.2) is 12.2 Å². The lowest BCUT2D eigenvalue weighted by atomic mass is 10.1. The number of carbonyl (C=O) groups is 1. The van der Waals surface area contributed by atoms with Crippen LogP contribution >= 0.6 is 0 Å². The summed E-state index contributed by atoms with van der Waals surface area (Å²) in [6.07, 6.45) is 9.86. The highest BCUT2D eigenvalue weighted by Crippen LogP contribution is 2.08. The first-order chi connectivity index (χ1) is 8.68. The van der Waals surface area contributed by atoms with Crippen molar-refractivity contribution in [1.29, 1.82) is 0 Å². The molecular weight excluding hydrogens is 238 g/mol. The number of unbranched alkanes of at least 4 members (excludes halogenated alkanes) is 6. The quantitative estimate of drug-likeness (QED) is 0.311. The Balaban J connectivity index is 3.12. The molecule has 18 heavy (non-hydrogen) atoms. The molecule has 0 atom stereocenters. The molecule has 0 aliphatic rings.